The molecular formula is C14H19BrN2O2S. The second kappa shape index (κ2) is 5.73. The number of pyridine rings is 1. The largest absolute Gasteiger partial charge is 0.292 e. The molecule has 0 spiro atoms. The van der Waals surface area contributed by atoms with Crippen LogP contribution < -0.4 is 0 Å². The number of hydrogen-bond acceptors (Lipinski definition) is 4. The number of hydrogen-bond donors (Lipinski definition) is 0. The first-order valence-corrected chi connectivity index (χ1v) is 9.63. The van der Waals surface area contributed by atoms with E-state index in [1.54, 1.807) is 6.20 Å². The monoisotopic (exact) mass is 358 g/mol. The highest BCUT2D eigenvalue weighted by atomic mass is 79.9. The minimum atomic E-state index is -2.89. The van der Waals surface area contributed by atoms with Gasteiger partial charge in [-0.2, -0.15) is 0 Å². The Balaban J connectivity index is 1.78. The van der Waals surface area contributed by atoms with E-state index in [0.29, 0.717) is 12.3 Å². The van der Waals surface area contributed by atoms with Gasteiger partial charge in [-0.1, -0.05) is 12.8 Å². The van der Waals surface area contributed by atoms with Crippen molar-refractivity contribution in [1.82, 2.24) is 9.88 Å². The maximum absolute atomic E-state index is 12.2. The summed E-state index contributed by atoms with van der Waals surface area (Å²) in [6, 6.07) is 4.18. The SMILES string of the molecule is O=S1(=O)CCN(Cc2ccc(Br)cn2)C2CCCCC21. The summed E-state index contributed by atoms with van der Waals surface area (Å²) in [6.07, 6.45) is 5.82. The molecule has 0 bridgehead atoms. The van der Waals surface area contributed by atoms with Gasteiger partial charge in [0.2, 0.25) is 0 Å². The third kappa shape index (κ3) is 2.92. The Hall–Kier alpha value is -0.460. The molecule has 0 amide bonds. The molecule has 1 aromatic heterocycles. The molecule has 0 radical (unpaired) electrons. The first kappa shape index (κ1) is 14.5. The van der Waals surface area contributed by atoms with Crippen LogP contribution in [0.4, 0.5) is 0 Å². The molecule has 2 unspecified atom stereocenters. The van der Waals surface area contributed by atoms with Crippen molar-refractivity contribution in [3.8, 4) is 0 Å². The Labute approximate surface area is 128 Å². The van der Waals surface area contributed by atoms with Gasteiger partial charge < -0.3 is 0 Å². The molecule has 2 fully saturated rings. The topological polar surface area (TPSA) is 50.3 Å². The van der Waals surface area contributed by atoms with Gasteiger partial charge >= 0.3 is 0 Å². The molecule has 2 aliphatic rings. The van der Waals surface area contributed by atoms with Crippen LogP contribution in [-0.2, 0) is 16.4 Å². The van der Waals surface area contributed by atoms with Gasteiger partial charge in [0, 0.05) is 29.8 Å². The van der Waals surface area contributed by atoms with Crippen LogP contribution in [-0.4, -0.2) is 41.9 Å². The second-order valence-electron chi connectivity index (χ2n) is 5.70. The summed E-state index contributed by atoms with van der Waals surface area (Å²) in [7, 11) is -2.89. The first-order valence-electron chi connectivity index (χ1n) is 7.12. The Bertz CT molecular complexity index is 573. The average Bonchev–Trinajstić information content (AvgIpc) is 2.45. The Morgan fingerprint density at radius 2 is 2.10 bits per heavy atom. The summed E-state index contributed by atoms with van der Waals surface area (Å²) < 4.78 is 25.4. The molecule has 1 aliphatic carbocycles. The maximum Gasteiger partial charge on any atom is 0.155 e. The van der Waals surface area contributed by atoms with Gasteiger partial charge in [-0.3, -0.25) is 9.88 Å². The van der Waals surface area contributed by atoms with Crippen molar-refractivity contribution in [1.29, 1.82) is 0 Å². The van der Waals surface area contributed by atoms with Crippen molar-refractivity contribution in [2.75, 3.05) is 12.3 Å². The van der Waals surface area contributed by atoms with Crippen molar-refractivity contribution in [2.24, 2.45) is 0 Å². The lowest BCUT2D eigenvalue weighted by atomic mass is 9.93. The van der Waals surface area contributed by atoms with E-state index in [4.69, 9.17) is 0 Å². The Morgan fingerprint density at radius 1 is 1.30 bits per heavy atom. The summed E-state index contributed by atoms with van der Waals surface area (Å²) >= 11 is 3.39. The van der Waals surface area contributed by atoms with E-state index in [1.165, 1.54) is 0 Å². The lowest BCUT2D eigenvalue weighted by molar-refractivity contribution is 0.147. The van der Waals surface area contributed by atoms with Gasteiger partial charge in [-0.15, -0.1) is 0 Å². The lowest BCUT2D eigenvalue weighted by Crippen LogP contribution is -2.55. The maximum atomic E-state index is 12.2. The summed E-state index contributed by atoms with van der Waals surface area (Å²) in [5.74, 6) is 0.296. The van der Waals surface area contributed by atoms with Crippen LogP contribution in [0.5, 0.6) is 0 Å². The van der Waals surface area contributed by atoms with E-state index >= 15 is 0 Å². The van der Waals surface area contributed by atoms with E-state index in [2.05, 4.69) is 25.8 Å². The summed E-state index contributed by atoms with van der Waals surface area (Å²) in [5.41, 5.74) is 1.01. The molecule has 6 heteroatoms. The highest BCUT2D eigenvalue weighted by Crippen LogP contribution is 2.32. The number of nitrogens with zero attached hydrogens (tertiary/aromatic N) is 2. The van der Waals surface area contributed by atoms with Gasteiger partial charge in [0.05, 0.1) is 16.7 Å². The number of halogens is 1. The zero-order valence-electron chi connectivity index (χ0n) is 11.3. The summed E-state index contributed by atoms with van der Waals surface area (Å²) in [4.78, 5) is 6.73. The van der Waals surface area contributed by atoms with E-state index in [-0.39, 0.29) is 11.3 Å². The predicted octanol–water partition coefficient (Wildman–Crippen LogP) is 2.39. The Kier molecular flexibility index (Phi) is 4.15. The normalized spacial score (nSPS) is 29.9. The number of rotatable bonds is 2. The molecule has 1 saturated carbocycles. The second-order valence-corrected chi connectivity index (χ2v) is 8.95. The average molecular weight is 359 g/mol. The van der Waals surface area contributed by atoms with E-state index < -0.39 is 9.84 Å². The standard InChI is InChI=1S/C14H19BrN2O2S/c15-11-5-6-12(16-9-11)10-17-7-8-20(18,19)14-4-2-1-3-13(14)17/h5-6,9,13-14H,1-4,7-8,10H2. The van der Waals surface area contributed by atoms with Crippen LogP contribution in [0.25, 0.3) is 0 Å². The Morgan fingerprint density at radius 3 is 2.85 bits per heavy atom. The molecule has 1 saturated heterocycles. The molecule has 1 aliphatic heterocycles. The van der Waals surface area contributed by atoms with Crippen LogP contribution in [0.1, 0.15) is 31.4 Å². The molecule has 20 heavy (non-hydrogen) atoms. The molecule has 2 heterocycles. The summed E-state index contributed by atoms with van der Waals surface area (Å²) in [6.45, 7) is 1.39. The van der Waals surface area contributed by atoms with Gasteiger partial charge in [-0.05, 0) is 40.9 Å². The minimum Gasteiger partial charge on any atom is -0.292 e. The lowest BCUT2D eigenvalue weighted by Gasteiger charge is -2.43. The van der Waals surface area contributed by atoms with Crippen molar-refractivity contribution in [2.45, 2.75) is 43.5 Å². The minimum absolute atomic E-state index is 0.152. The van der Waals surface area contributed by atoms with Crippen LogP contribution in [0.15, 0.2) is 22.8 Å². The summed E-state index contributed by atoms with van der Waals surface area (Å²) in [5, 5.41) is -0.152. The fourth-order valence-corrected chi connectivity index (χ4v) is 5.72. The molecule has 0 N–H and O–H groups in total. The quantitative estimate of drug-likeness (QED) is 0.814. The first-order chi connectivity index (χ1) is 9.56. The number of sulfone groups is 1. The number of aromatic nitrogens is 1. The van der Waals surface area contributed by atoms with Crippen molar-refractivity contribution < 1.29 is 8.42 Å². The molecule has 110 valence electrons. The smallest absolute Gasteiger partial charge is 0.155 e. The zero-order chi connectivity index (χ0) is 14.2. The van der Waals surface area contributed by atoms with Crippen molar-refractivity contribution in [3.63, 3.8) is 0 Å². The van der Waals surface area contributed by atoms with Crippen molar-refractivity contribution in [3.05, 3.63) is 28.5 Å². The van der Waals surface area contributed by atoms with Gasteiger partial charge in [0.15, 0.2) is 9.84 Å². The molecular weight excluding hydrogens is 340 g/mol. The molecule has 0 aromatic carbocycles. The van der Waals surface area contributed by atoms with E-state index in [0.717, 1.165) is 42.4 Å². The molecule has 2 atom stereocenters. The van der Waals surface area contributed by atoms with Crippen LogP contribution >= 0.6 is 15.9 Å². The van der Waals surface area contributed by atoms with E-state index in [9.17, 15) is 8.42 Å². The number of fused-ring (bicyclic) bond motifs is 1. The molecule has 4 nitrogen and oxygen atoms in total. The third-order valence-corrected chi connectivity index (χ3v) is 7.11. The highest BCUT2D eigenvalue weighted by molar-refractivity contribution is 9.10. The van der Waals surface area contributed by atoms with Crippen LogP contribution in [0.2, 0.25) is 0 Å². The zero-order valence-corrected chi connectivity index (χ0v) is 13.7. The fraction of sp³-hybridized carbons (Fsp3) is 0.643. The van der Waals surface area contributed by atoms with Gasteiger partial charge in [0.25, 0.3) is 0 Å². The highest BCUT2D eigenvalue weighted by Gasteiger charge is 2.42. The molecule has 1 aromatic rings. The van der Waals surface area contributed by atoms with E-state index in [1.807, 2.05) is 12.1 Å². The fourth-order valence-electron chi connectivity index (χ4n) is 3.38. The molecule has 3 rings (SSSR count). The van der Waals surface area contributed by atoms with Gasteiger partial charge in [0.1, 0.15) is 0 Å². The third-order valence-electron chi connectivity index (χ3n) is 4.41. The van der Waals surface area contributed by atoms with Crippen molar-refractivity contribution >= 4 is 25.8 Å². The van der Waals surface area contributed by atoms with Crippen LogP contribution in [0.3, 0.4) is 0 Å². The predicted molar refractivity (Wildman–Crippen MR) is 82.2 cm³/mol. The van der Waals surface area contributed by atoms with Gasteiger partial charge in [-0.25, -0.2) is 8.42 Å². The van der Waals surface area contributed by atoms with Crippen LogP contribution in [0, 0.1) is 0 Å².